The molecule has 0 amide bonds. The lowest BCUT2D eigenvalue weighted by Gasteiger charge is -2.50. The molecule has 1 atom stereocenters. The number of hydrogen-bond donors (Lipinski definition) is 0. The fraction of sp³-hybridized carbons (Fsp3) is 0.382. The van der Waals surface area contributed by atoms with Crippen molar-refractivity contribution in [2.75, 3.05) is 19.7 Å². The maximum Gasteiger partial charge on any atom is 0.302 e. The Morgan fingerprint density at radius 1 is 0.872 bits per heavy atom. The molecule has 0 bridgehead atoms. The van der Waals surface area contributed by atoms with E-state index in [4.69, 9.17) is 9.16 Å². The molecule has 39 heavy (non-hydrogen) atoms. The van der Waals surface area contributed by atoms with Crippen molar-refractivity contribution in [3.05, 3.63) is 119 Å². The first-order valence-electron chi connectivity index (χ1n) is 14.0. The summed E-state index contributed by atoms with van der Waals surface area (Å²) in [5.74, 6) is -0.270. The van der Waals surface area contributed by atoms with Gasteiger partial charge in [0.2, 0.25) is 0 Å². The Bertz CT molecular complexity index is 1150. The molecule has 1 aliphatic rings. The van der Waals surface area contributed by atoms with Gasteiger partial charge in [0.1, 0.15) is 6.61 Å². The molecule has 3 aromatic rings. The van der Waals surface area contributed by atoms with E-state index in [1.165, 1.54) is 29.2 Å². The van der Waals surface area contributed by atoms with E-state index < -0.39 is 13.9 Å². The number of nitrogens with zero attached hydrogens (tertiary/aromatic N) is 1. The molecular formula is C34H43NO3Si. The van der Waals surface area contributed by atoms with Crippen molar-refractivity contribution < 1.29 is 14.0 Å². The molecule has 4 rings (SSSR count). The highest BCUT2D eigenvalue weighted by molar-refractivity contribution is 6.74. The van der Waals surface area contributed by atoms with Crippen LogP contribution in [0.25, 0.3) is 0 Å². The van der Waals surface area contributed by atoms with Gasteiger partial charge in [-0.2, -0.15) is 0 Å². The van der Waals surface area contributed by atoms with Gasteiger partial charge in [-0.15, -0.1) is 0 Å². The molecule has 0 N–H and O–H groups in total. The fourth-order valence-corrected chi connectivity index (χ4v) is 6.69. The molecular weight excluding hydrogens is 498 g/mol. The number of rotatable bonds is 8. The Kier molecular flexibility index (Phi) is 8.95. The summed E-state index contributed by atoms with van der Waals surface area (Å²) in [6.45, 7) is 14.7. The largest absolute Gasteiger partial charge is 0.462 e. The SMILES string of the molecule is CC(=O)OC/C=C1/CN(C(c2ccccc2)(c2ccccc2)c2ccccc2)CCC1O[Si](C)(C)C(C)(C)C. The molecule has 0 aliphatic carbocycles. The third-order valence-electron chi connectivity index (χ3n) is 8.37. The maximum absolute atomic E-state index is 11.6. The number of piperidine rings is 1. The molecule has 206 valence electrons. The highest BCUT2D eigenvalue weighted by atomic mass is 28.4. The van der Waals surface area contributed by atoms with Crippen LogP contribution < -0.4 is 0 Å². The van der Waals surface area contributed by atoms with Crippen LogP contribution in [-0.2, 0) is 19.5 Å². The van der Waals surface area contributed by atoms with Crippen LogP contribution in [0.15, 0.2) is 103 Å². The predicted octanol–water partition coefficient (Wildman–Crippen LogP) is 7.56. The van der Waals surface area contributed by atoms with E-state index in [-0.39, 0.29) is 23.7 Å². The van der Waals surface area contributed by atoms with Crippen LogP contribution in [0.3, 0.4) is 0 Å². The van der Waals surface area contributed by atoms with E-state index in [1.807, 2.05) is 0 Å². The minimum absolute atomic E-state index is 0.00211. The van der Waals surface area contributed by atoms with E-state index in [9.17, 15) is 4.79 Å². The van der Waals surface area contributed by atoms with Crippen molar-refractivity contribution in [1.82, 2.24) is 4.90 Å². The zero-order valence-electron chi connectivity index (χ0n) is 24.3. The number of carbonyl (C=O) groups excluding carboxylic acids is 1. The second kappa shape index (κ2) is 12.0. The topological polar surface area (TPSA) is 38.8 Å². The molecule has 3 aromatic carbocycles. The van der Waals surface area contributed by atoms with Gasteiger partial charge in [0.25, 0.3) is 0 Å². The predicted molar refractivity (Wildman–Crippen MR) is 162 cm³/mol. The second-order valence-corrected chi connectivity index (χ2v) is 16.7. The Morgan fingerprint density at radius 2 is 1.33 bits per heavy atom. The Labute approximate surface area is 235 Å². The lowest BCUT2D eigenvalue weighted by molar-refractivity contribution is -0.139. The molecule has 4 nitrogen and oxygen atoms in total. The van der Waals surface area contributed by atoms with Gasteiger partial charge in [-0.25, -0.2) is 0 Å². The summed E-state index contributed by atoms with van der Waals surface area (Å²) in [5, 5.41) is 0.104. The van der Waals surface area contributed by atoms with Crippen LogP contribution in [-0.4, -0.2) is 45.0 Å². The normalized spacial score (nSPS) is 18.2. The fourth-order valence-electron chi connectivity index (χ4n) is 5.36. The van der Waals surface area contributed by atoms with E-state index in [0.717, 1.165) is 13.0 Å². The number of carbonyl (C=O) groups is 1. The average Bonchev–Trinajstić information content (AvgIpc) is 2.91. The van der Waals surface area contributed by atoms with Crippen LogP contribution in [0.1, 0.15) is 50.8 Å². The van der Waals surface area contributed by atoms with Crippen molar-refractivity contribution in [2.24, 2.45) is 0 Å². The quantitative estimate of drug-likeness (QED) is 0.128. The van der Waals surface area contributed by atoms with Gasteiger partial charge >= 0.3 is 5.97 Å². The number of esters is 1. The van der Waals surface area contributed by atoms with Crippen molar-refractivity contribution in [3.63, 3.8) is 0 Å². The molecule has 0 spiro atoms. The molecule has 0 aromatic heterocycles. The zero-order valence-corrected chi connectivity index (χ0v) is 25.3. The van der Waals surface area contributed by atoms with Crippen LogP contribution in [0.2, 0.25) is 18.1 Å². The van der Waals surface area contributed by atoms with Crippen molar-refractivity contribution in [3.8, 4) is 0 Å². The van der Waals surface area contributed by atoms with Crippen molar-refractivity contribution in [2.45, 2.75) is 63.9 Å². The third-order valence-corrected chi connectivity index (χ3v) is 12.9. The first kappa shape index (κ1) is 29.0. The number of ether oxygens (including phenoxy) is 1. The van der Waals surface area contributed by atoms with Crippen molar-refractivity contribution in [1.29, 1.82) is 0 Å². The molecule has 1 heterocycles. The van der Waals surface area contributed by atoms with Gasteiger partial charge < -0.3 is 9.16 Å². The van der Waals surface area contributed by atoms with Gasteiger partial charge in [-0.1, -0.05) is 112 Å². The monoisotopic (exact) mass is 541 g/mol. The van der Waals surface area contributed by atoms with Gasteiger partial charge in [0.05, 0.1) is 11.6 Å². The van der Waals surface area contributed by atoms with Crippen molar-refractivity contribution >= 4 is 14.3 Å². The van der Waals surface area contributed by atoms with E-state index >= 15 is 0 Å². The summed E-state index contributed by atoms with van der Waals surface area (Å²) in [4.78, 5) is 14.2. The molecule has 1 fully saturated rings. The zero-order chi connectivity index (χ0) is 28.1. The molecule has 5 heteroatoms. The van der Waals surface area contributed by atoms with Crippen LogP contribution in [0.4, 0.5) is 0 Å². The lowest BCUT2D eigenvalue weighted by atomic mass is 9.74. The van der Waals surface area contributed by atoms with Gasteiger partial charge in [-0.3, -0.25) is 9.69 Å². The van der Waals surface area contributed by atoms with Crippen LogP contribution in [0, 0.1) is 0 Å². The van der Waals surface area contributed by atoms with Crippen LogP contribution >= 0.6 is 0 Å². The summed E-state index contributed by atoms with van der Waals surface area (Å²) in [6, 6.07) is 32.4. The Morgan fingerprint density at radius 3 is 1.74 bits per heavy atom. The number of likely N-dealkylation sites (tertiary alicyclic amines) is 1. The standard InChI is InChI=1S/C34H43NO3Si/c1-27(36)37-25-23-28-26-35(24-22-32(28)38-39(5,6)33(2,3)4)34(29-16-10-7-11-17-29,30-18-12-8-13-19-30)31-20-14-9-15-21-31/h7-21,23,32H,22,24-26H2,1-6H3/b28-23-. The van der Waals surface area contributed by atoms with E-state index in [2.05, 4.69) is 136 Å². The number of benzene rings is 3. The number of hydrogen-bond acceptors (Lipinski definition) is 4. The molecule has 1 unspecified atom stereocenters. The van der Waals surface area contributed by atoms with Gasteiger partial charge in [0, 0.05) is 20.0 Å². The van der Waals surface area contributed by atoms with Gasteiger partial charge in [0.15, 0.2) is 8.32 Å². The molecule has 0 saturated carbocycles. The van der Waals surface area contributed by atoms with E-state index in [1.54, 1.807) is 0 Å². The van der Waals surface area contributed by atoms with Gasteiger partial charge in [-0.05, 0) is 52.9 Å². The third kappa shape index (κ3) is 6.27. The molecule has 1 aliphatic heterocycles. The van der Waals surface area contributed by atoms with E-state index in [0.29, 0.717) is 6.54 Å². The summed E-state index contributed by atoms with van der Waals surface area (Å²) >= 11 is 0. The highest BCUT2D eigenvalue weighted by Crippen LogP contribution is 2.45. The summed E-state index contributed by atoms with van der Waals surface area (Å²) in [6.07, 6.45) is 2.95. The summed E-state index contributed by atoms with van der Waals surface area (Å²) < 4.78 is 12.4. The minimum atomic E-state index is -2.02. The molecule has 1 saturated heterocycles. The first-order valence-corrected chi connectivity index (χ1v) is 16.9. The first-order chi connectivity index (χ1) is 18.6. The average molecular weight is 542 g/mol. The second-order valence-electron chi connectivity index (χ2n) is 12.0. The van der Waals surface area contributed by atoms with Crippen LogP contribution in [0.5, 0.6) is 0 Å². The Hall–Kier alpha value is -2.99. The summed E-state index contributed by atoms with van der Waals surface area (Å²) in [5.41, 5.74) is 4.37. The molecule has 0 radical (unpaired) electrons. The highest BCUT2D eigenvalue weighted by Gasteiger charge is 2.46. The minimum Gasteiger partial charge on any atom is -0.462 e. The lowest BCUT2D eigenvalue weighted by Crippen LogP contribution is -2.55. The summed E-state index contributed by atoms with van der Waals surface area (Å²) in [7, 11) is -2.02. The smallest absolute Gasteiger partial charge is 0.302 e. The Balaban J connectivity index is 1.84. The maximum atomic E-state index is 11.6.